The first-order valence-electron chi connectivity index (χ1n) is 7.57. The van der Waals surface area contributed by atoms with Crippen LogP contribution in [0.3, 0.4) is 0 Å². The minimum atomic E-state index is -0.284. The van der Waals surface area contributed by atoms with Gasteiger partial charge in [0.2, 0.25) is 0 Å². The molecular formula is C19H18N2O2. The molecule has 4 nitrogen and oxygen atoms in total. The molecule has 23 heavy (non-hydrogen) atoms. The van der Waals surface area contributed by atoms with E-state index in [2.05, 4.69) is 24.3 Å². The third-order valence-electron chi connectivity index (χ3n) is 3.64. The van der Waals surface area contributed by atoms with Gasteiger partial charge in [-0.2, -0.15) is 0 Å². The Balaban J connectivity index is 1.72. The molecule has 0 spiro atoms. The lowest BCUT2D eigenvalue weighted by atomic mass is 10.0. The van der Waals surface area contributed by atoms with E-state index in [1.54, 1.807) is 6.07 Å². The molecule has 4 heteroatoms. The van der Waals surface area contributed by atoms with Crippen LogP contribution in [0, 0.1) is 0 Å². The number of nitrogens with zero attached hydrogens (tertiary/aromatic N) is 1. The highest BCUT2D eigenvalue weighted by molar-refractivity contribution is 6.03. The van der Waals surface area contributed by atoms with E-state index < -0.39 is 0 Å². The van der Waals surface area contributed by atoms with Crippen molar-refractivity contribution in [2.45, 2.75) is 19.8 Å². The number of carbonyl (C=O) groups is 1. The standard InChI is InChI=1S/C19H18N2O2/c1-13(2)14-8-10-16(11-9-14)20-19(22)17-12-18(23-21-17)15-6-4-3-5-7-15/h3-13H,1-2H3,(H,20,22). The molecule has 0 fully saturated rings. The van der Waals surface area contributed by atoms with E-state index in [1.807, 2.05) is 54.6 Å². The summed E-state index contributed by atoms with van der Waals surface area (Å²) in [6.45, 7) is 4.27. The molecule has 1 amide bonds. The summed E-state index contributed by atoms with van der Waals surface area (Å²) >= 11 is 0. The van der Waals surface area contributed by atoms with Gasteiger partial charge < -0.3 is 9.84 Å². The highest BCUT2D eigenvalue weighted by atomic mass is 16.5. The Hall–Kier alpha value is -2.88. The number of benzene rings is 2. The SMILES string of the molecule is CC(C)c1ccc(NC(=O)c2cc(-c3ccccc3)on2)cc1. The van der Waals surface area contributed by atoms with Gasteiger partial charge in [0.05, 0.1) is 0 Å². The van der Waals surface area contributed by atoms with Gasteiger partial charge >= 0.3 is 0 Å². The summed E-state index contributed by atoms with van der Waals surface area (Å²) in [5.74, 6) is 0.753. The number of aromatic nitrogens is 1. The van der Waals surface area contributed by atoms with Crippen LogP contribution >= 0.6 is 0 Å². The molecule has 0 radical (unpaired) electrons. The molecule has 1 heterocycles. The lowest BCUT2D eigenvalue weighted by Crippen LogP contribution is -2.12. The zero-order valence-electron chi connectivity index (χ0n) is 13.1. The van der Waals surface area contributed by atoms with E-state index in [9.17, 15) is 4.79 Å². The number of hydrogen-bond donors (Lipinski definition) is 1. The van der Waals surface area contributed by atoms with E-state index in [0.717, 1.165) is 11.3 Å². The van der Waals surface area contributed by atoms with Gasteiger partial charge in [-0.05, 0) is 23.6 Å². The maximum atomic E-state index is 12.2. The van der Waals surface area contributed by atoms with Crippen molar-refractivity contribution in [1.82, 2.24) is 5.16 Å². The Kier molecular flexibility index (Phi) is 4.24. The number of anilines is 1. The Morgan fingerprint density at radius 2 is 1.74 bits per heavy atom. The second kappa shape index (κ2) is 6.48. The molecule has 0 atom stereocenters. The Morgan fingerprint density at radius 1 is 1.04 bits per heavy atom. The van der Waals surface area contributed by atoms with Gasteiger partial charge in [0, 0.05) is 17.3 Å². The first-order chi connectivity index (χ1) is 11.1. The highest BCUT2D eigenvalue weighted by Crippen LogP contribution is 2.21. The van der Waals surface area contributed by atoms with Crippen LogP contribution in [-0.4, -0.2) is 11.1 Å². The highest BCUT2D eigenvalue weighted by Gasteiger charge is 2.13. The van der Waals surface area contributed by atoms with Gasteiger partial charge in [0.15, 0.2) is 11.5 Å². The smallest absolute Gasteiger partial charge is 0.277 e. The maximum Gasteiger partial charge on any atom is 0.277 e. The van der Waals surface area contributed by atoms with E-state index in [-0.39, 0.29) is 11.6 Å². The number of nitrogens with one attached hydrogen (secondary N) is 1. The second-order valence-corrected chi connectivity index (χ2v) is 5.67. The van der Waals surface area contributed by atoms with Crippen molar-refractivity contribution in [2.75, 3.05) is 5.32 Å². The number of rotatable bonds is 4. The van der Waals surface area contributed by atoms with Crippen LogP contribution in [0.4, 0.5) is 5.69 Å². The Morgan fingerprint density at radius 3 is 2.39 bits per heavy atom. The zero-order valence-corrected chi connectivity index (χ0v) is 13.1. The average molecular weight is 306 g/mol. The Labute approximate surface area is 135 Å². The van der Waals surface area contributed by atoms with Crippen LogP contribution in [0.15, 0.2) is 65.2 Å². The quantitative estimate of drug-likeness (QED) is 0.759. The van der Waals surface area contributed by atoms with Crippen LogP contribution < -0.4 is 5.32 Å². The van der Waals surface area contributed by atoms with Crippen LogP contribution in [0.5, 0.6) is 0 Å². The summed E-state index contributed by atoms with van der Waals surface area (Å²) in [5, 5.41) is 6.68. The molecule has 3 rings (SSSR count). The lowest BCUT2D eigenvalue weighted by Gasteiger charge is -2.07. The van der Waals surface area contributed by atoms with Crippen molar-refractivity contribution in [3.05, 3.63) is 71.9 Å². The average Bonchev–Trinajstić information content (AvgIpc) is 3.06. The van der Waals surface area contributed by atoms with Crippen molar-refractivity contribution < 1.29 is 9.32 Å². The van der Waals surface area contributed by atoms with Crippen LogP contribution in [-0.2, 0) is 0 Å². The molecule has 0 aliphatic rings. The van der Waals surface area contributed by atoms with Gasteiger partial charge in [0.25, 0.3) is 5.91 Å². The van der Waals surface area contributed by atoms with E-state index in [4.69, 9.17) is 4.52 Å². The third-order valence-corrected chi connectivity index (χ3v) is 3.64. The summed E-state index contributed by atoms with van der Waals surface area (Å²) in [4.78, 5) is 12.2. The van der Waals surface area contributed by atoms with Crippen molar-refractivity contribution >= 4 is 11.6 Å². The second-order valence-electron chi connectivity index (χ2n) is 5.67. The summed E-state index contributed by atoms with van der Waals surface area (Å²) < 4.78 is 5.25. The first-order valence-corrected chi connectivity index (χ1v) is 7.57. The zero-order chi connectivity index (χ0) is 16.2. The van der Waals surface area contributed by atoms with Gasteiger partial charge in [0.1, 0.15) is 0 Å². The molecule has 0 unspecified atom stereocenters. The molecule has 2 aromatic carbocycles. The van der Waals surface area contributed by atoms with Gasteiger partial charge in [-0.1, -0.05) is 61.5 Å². The third kappa shape index (κ3) is 3.48. The molecule has 0 saturated carbocycles. The Bertz CT molecular complexity index is 790. The minimum absolute atomic E-state index is 0.261. The monoisotopic (exact) mass is 306 g/mol. The molecule has 116 valence electrons. The van der Waals surface area contributed by atoms with Crippen molar-refractivity contribution in [2.24, 2.45) is 0 Å². The normalized spacial score (nSPS) is 10.7. The minimum Gasteiger partial charge on any atom is -0.355 e. The summed E-state index contributed by atoms with van der Waals surface area (Å²) in [6.07, 6.45) is 0. The molecule has 0 saturated heterocycles. The van der Waals surface area contributed by atoms with Crippen LogP contribution in [0.1, 0.15) is 35.8 Å². The predicted octanol–water partition coefficient (Wildman–Crippen LogP) is 4.72. The summed E-state index contributed by atoms with van der Waals surface area (Å²) in [7, 11) is 0. The molecular weight excluding hydrogens is 288 g/mol. The van der Waals surface area contributed by atoms with E-state index >= 15 is 0 Å². The van der Waals surface area contributed by atoms with Crippen molar-refractivity contribution in [1.29, 1.82) is 0 Å². The fraction of sp³-hybridized carbons (Fsp3) is 0.158. The van der Waals surface area contributed by atoms with E-state index in [0.29, 0.717) is 11.7 Å². The lowest BCUT2D eigenvalue weighted by molar-refractivity contribution is 0.101. The largest absolute Gasteiger partial charge is 0.355 e. The van der Waals surface area contributed by atoms with Gasteiger partial charge in [-0.3, -0.25) is 4.79 Å². The molecule has 0 bridgehead atoms. The number of hydrogen-bond acceptors (Lipinski definition) is 3. The van der Waals surface area contributed by atoms with Gasteiger partial charge in [-0.15, -0.1) is 0 Å². The molecule has 1 aromatic heterocycles. The van der Waals surface area contributed by atoms with Crippen LogP contribution in [0.2, 0.25) is 0 Å². The molecule has 0 aliphatic carbocycles. The van der Waals surface area contributed by atoms with Crippen molar-refractivity contribution in [3.63, 3.8) is 0 Å². The fourth-order valence-corrected chi connectivity index (χ4v) is 2.27. The summed E-state index contributed by atoms with van der Waals surface area (Å²) in [6, 6.07) is 19.0. The molecule has 0 aliphatic heterocycles. The molecule has 3 aromatic rings. The predicted molar refractivity (Wildman–Crippen MR) is 90.4 cm³/mol. The summed E-state index contributed by atoms with van der Waals surface area (Å²) in [5.41, 5.74) is 3.12. The number of amides is 1. The van der Waals surface area contributed by atoms with Gasteiger partial charge in [-0.25, -0.2) is 0 Å². The van der Waals surface area contributed by atoms with Crippen LogP contribution in [0.25, 0.3) is 11.3 Å². The first kappa shape index (κ1) is 15.0. The maximum absolute atomic E-state index is 12.2. The van der Waals surface area contributed by atoms with Crippen molar-refractivity contribution in [3.8, 4) is 11.3 Å². The molecule has 1 N–H and O–H groups in total. The topological polar surface area (TPSA) is 55.1 Å². The number of carbonyl (C=O) groups excluding carboxylic acids is 1. The van der Waals surface area contributed by atoms with E-state index in [1.165, 1.54) is 5.56 Å². The fourth-order valence-electron chi connectivity index (χ4n) is 2.27.